The second-order valence-electron chi connectivity index (χ2n) is 4.86. The zero-order valence-corrected chi connectivity index (χ0v) is 11.7. The normalized spacial score (nSPS) is 13.7. The molecule has 0 spiro atoms. The van der Waals surface area contributed by atoms with E-state index in [1.807, 2.05) is 31.2 Å². The van der Waals surface area contributed by atoms with Gasteiger partial charge in [0.2, 0.25) is 0 Å². The van der Waals surface area contributed by atoms with E-state index in [1.165, 1.54) is 0 Å². The Kier molecular flexibility index (Phi) is 5.79. The minimum Gasteiger partial charge on any atom is -0.388 e. The molecule has 0 radical (unpaired) electrons. The molecular weight excluding hydrogens is 244 g/mol. The lowest BCUT2D eigenvalue weighted by Crippen LogP contribution is -2.43. The Morgan fingerprint density at radius 2 is 2.11 bits per heavy atom. The summed E-state index contributed by atoms with van der Waals surface area (Å²) in [6.45, 7) is 4.21. The van der Waals surface area contributed by atoms with E-state index in [-0.39, 0.29) is 12.6 Å². The van der Waals surface area contributed by atoms with Gasteiger partial charge in [0.15, 0.2) is 0 Å². The summed E-state index contributed by atoms with van der Waals surface area (Å²) in [6, 6.07) is 7.19. The molecule has 1 rings (SSSR count). The van der Waals surface area contributed by atoms with Crippen molar-refractivity contribution in [3.63, 3.8) is 0 Å². The number of aliphatic hydroxyl groups is 1. The van der Waals surface area contributed by atoms with Crippen LogP contribution >= 0.6 is 0 Å². The third-order valence-electron chi connectivity index (χ3n) is 2.87. The lowest BCUT2D eigenvalue weighted by atomic mass is 10.0. The largest absolute Gasteiger partial charge is 0.388 e. The van der Waals surface area contributed by atoms with Gasteiger partial charge in [-0.1, -0.05) is 18.2 Å². The summed E-state index contributed by atoms with van der Waals surface area (Å²) in [6.07, 6.45) is 0.466. The van der Waals surface area contributed by atoms with Crippen molar-refractivity contribution in [3.05, 3.63) is 29.8 Å². The van der Waals surface area contributed by atoms with Crippen LogP contribution in [0.4, 0.5) is 10.5 Å². The summed E-state index contributed by atoms with van der Waals surface area (Å²) in [5.41, 5.74) is 0.777. The number of aryl methyl sites for hydroxylation is 1. The van der Waals surface area contributed by atoms with Crippen molar-refractivity contribution in [3.8, 4) is 0 Å². The summed E-state index contributed by atoms with van der Waals surface area (Å²) >= 11 is 0. The van der Waals surface area contributed by atoms with Crippen molar-refractivity contribution in [2.45, 2.75) is 25.9 Å². The summed E-state index contributed by atoms with van der Waals surface area (Å²) in [5.74, 6) is 0. The van der Waals surface area contributed by atoms with Crippen molar-refractivity contribution in [1.29, 1.82) is 0 Å². The summed E-state index contributed by atoms with van der Waals surface area (Å²) < 4.78 is 4.91. The quantitative estimate of drug-likeness (QED) is 0.736. The molecule has 5 heteroatoms. The first-order valence-corrected chi connectivity index (χ1v) is 6.26. The SMILES string of the molecule is COCCC(C)(O)CNC(=O)Nc1ccccc1C. The molecule has 106 valence electrons. The zero-order valence-electron chi connectivity index (χ0n) is 11.7. The van der Waals surface area contributed by atoms with Gasteiger partial charge in [-0.3, -0.25) is 0 Å². The van der Waals surface area contributed by atoms with Gasteiger partial charge in [-0.25, -0.2) is 4.79 Å². The van der Waals surface area contributed by atoms with E-state index >= 15 is 0 Å². The van der Waals surface area contributed by atoms with E-state index in [2.05, 4.69) is 10.6 Å². The van der Waals surface area contributed by atoms with E-state index in [0.717, 1.165) is 11.3 Å². The van der Waals surface area contributed by atoms with Gasteiger partial charge in [0.1, 0.15) is 0 Å². The number of benzene rings is 1. The molecule has 1 unspecified atom stereocenters. The highest BCUT2D eigenvalue weighted by atomic mass is 16.5. The minimum atomic E-state index is -0.973. The van der Waals surface area contributed by atoms with Crippen LogP contribution in [0.2, 0.25) is 0 Å². The van der Waals surface area contributed by atoms with E-state index < -0.39 is 5.60 Å². The first-order chi connectivity index (χ1) is 8.94. The van der Waals surface area contributed by atoms with Crippen LogP contribution in [0.5, 0.6) is 0 Å². The van der Waals surface area contributed by atoms with Crippen molar-refractivity contribution < 1.29 is 14.6 Å². The number of para-hydroxylation sites is 1. The van der Waals surface area contributed by atoms with Crippen LogP contribution in [0.15, 0.2) is 24.3 Å². The Hall–Kier alpha value is -1.59. The van der Waals surface area contributed by atoms with Crippen LogP contribution in [0.25, 0.3) is 0 Å². The highest BCUT2D eigenvalue weighted by molar-refractivity contribution is 5.90. The molecule has 0 saturated carbocycles. The third kappa shape index (κ3) is 5.72. The van der Waals surface area contributed by atoms with Gasteiger partial charge in [0.25, 0.3) is 0 Å². The number of amides is 2. The van der Waals surface area contributed by atoms with Crippen LogP contribution in [-0.2, 0) is 4.74 Å². The predicted octanol–water partition coefficient (Wildman–Crippen LogP) is 1.90. The van der Waals surface area contributed by atoms with Gasteiger partial charge in [0.05, 0.1) is 5.60 Å². The second-order valence-corrected chi connectivity index (χ2v) is 4.86. The molecule has 1 aromatic carbocycles. The highest BCUT2D eigenvalue weighted by Gasteiger charge is 2.20. The molecule has 0 bridgehead atoms. The molecule has 0 aromatic heterocycles. The van der Waals surface area contributed by atoms with Crippen LogP contribution in [0.1, 0.15) is 18.9 Å². The van der Waals surface area contributed by atoms with E-state index in [1.54, 1.807) is 14.0 Å². The molecule has 1 atom stereocenters. The van der Waals surface area contributed by atoms with Gasteiger partial charge in [0, 0.05) is 32.4 Å². The zero-order chi connectivity index (χ0) is 14.3. The molecule has 0 saturated heterocycles. The molecule has 0 heterocycles. The molecule has 0 aliphatic carbocycles. The number of anilines is 1. The van der Waals surface area contributed by atoms with Crippen LogP contribution in [0, 0.1) is 6.92 Å². The maximum absolute atomic E-state index is 11.7. The van der Waals surface area contributed by atoms with Gasteiger partial charge in [-0.05, 0) is 25.5 Å². The fraction of sp³-hybridized carbons (Fsp3) is 0.500. The van der Waals surface area contributed by atoms with E-state index in [0.29, 0.717) is 13.0 Å². The summed E-state index contributed by atoms with van der Waals surface area (Å²) in [7, 11) is 1.58. The molecule has 3 N–H and O–H groups in total. The molecule has 0 aliphatic heterocycles. The monoisotopic (exact) mass is 266 g/mol. The molecule has 0 aliphatic rings. The van der Waals surface area contributed by atoms with Gasteiger partial charge in [-0.15, -0.1) is 0 Å². The molecule has 5 nitrogen and oxygen atoms in total. The number of ether oxygens (including phenoxy) is 1. The Bertz CT molecular complexity index is 419. The highest BCUT2D eigenvalue weighted by Crippen LogP contribution is 2.13. The summed E-state index contributed by atoms with van der Waals surface area (Å²) in [5, 5.41) is 15.4. The van der Waals surface area contributed by atoms with E-state index in [9.17, 15) is 9.90 Å². The smallest absolute Gasteiger partial charge is 0.319 e. The Morgan fingerprint density at radius 1 is 1.42 bits per heavy atom. The van der Waals surface area contributed by atoms with E-state index in [4.69, 9.17) is 4.74 Å². The average Bonchev–Trinajstić information content (AvgIpc) is 2.37. The fourth-order valence-electron chi connectivity index (χ4n) is 1.56. The number of rotatable bonds is 6. The first kappa shape index (κ1) is 15.5. The number of urea groups is 1. The molecular formula is C14H22N2O3. The van der Waals surface area contributed by atoms with Crippen LogP contribution < -0.4 is 10.6 Å². The Labute approximate surface area is 114 Å². The lowest BCUT2D eigenvalue weighted by molar-refractivity contribution is 0.0273. The fourth-order valence-corrected chi connectivity index (χ4v) is 1.56. The standard InChI is InChI=1S/C14H22N2O3/c1-11-6-4-5-7-12(11)16-13(17)15-10-14(2,18)8-9-19-3/h4-7,18H,8-10H2,1-3H3,(H2,15,16,17). The third-order valence-corrected chi connectivity index (χ3v) is 2.87. The van der Waals surface area contributed by atoms with Crippen molar-refractivity contribution in [1.82, 2.24) is 5.32 Å². The number of hydrogen-bond donors (Lipinski definition) is 3. The molecule has 0 fully saturated rings. The second kappa shape index (κ2) is 7.11. The Morgan fingerprint density at radius 3 is 2.74 bits per heavy atom. The topological polar surface area (TPSA) is 70.6 Å². The van der Waals surface area contributed by atoms with Crippen LogP contribution in [0.3, 0.4) is 0 Å². The Balaban J connectivity index is 2.42. The van der Waals surface area contributed by atoms with Crippen molar-refractivity contribution in [2.24, 2.45) is 0 Å². The van der Waals surface area contributed by atoms with Gasteiger partial charge >= 0.3 is 6.03 Å². The predicted molar refractivity (Wildman–Crippen MR) is 75.3 cm³/mol. The minimum absolute atomic E-state index is 0.175. The summed E-state index contributed by atoms with van der Waals surface area (Å²) in [4.78, 5) is 11.7. The lowest BCUT2D eigenvalue weighted by Gasteiger charge is -2.23. The molecule has 1 aromatic rings. The maximum Gasteiger partial charge on any atom is 0.319 e. The number of hydrogen-bond acceptors (Lipinski definition) is 3. The van der Waals surface area contributed by atoms with Gasteiger partial charge in [-0.2, -0.15) is 0 Å². The van der Waals surface area contributed by atoms with Crippen molar-refractivity contribution in [2.75, 3.05) is 25.6 Å². The molecule has 2 amide bonds. The molecule has 19 heavy (non-hydrogen) atoms. The van der Waals surface area contributed by atoms with Gasteiger partial charge < -0.3 is 20.5 Å². The number of nitrogens with one attached hydrogen (secondary N) is 2. The average molecular weight is 266 g/mol. The van der Waals surface area contributed by atoms with Crippen LogP contribution in [-0.4, -0.2) is 37.0 Å². The number of methoxy groups -OCH3 is 1. The number of carbonyl (C=O) groups excluding carboxylic acids is 1. The van der Waals surface area contributed by atoms with Crippen molar-refractivity contribution >= 4 is 11.7 Å². The first-order valence-electron chi connectivity index (χ1n) is 6.26. The maximum atomic E-state index is 11.7. The number of carbonyl (C=O) groups is 1.